The predicted molar refractivity (Wildman–Crippen MR) is 77.3 cm³/mol. The lowest BCUT2D eigenvalue weighted by Gasteiger charge is -2.08. The fourth-order valence-corrected chi connectivity index (χ4v) is 2.33. The number of nitrogens with one attached hydrogen (secondary N) is 1. The Labute approximate surface area is 119 Å². The minimum absolute atomic E-state index is 0.0160. The number of nitrogens with two attached hydrogens (primary N) is 1. The number of carbonyl (C=O) groups is 1. The molecule has 0 spiro atoms. The van der Waals surface area contributed by atoms with Gasteiger partial charge in [0.1, 0.15) is 0 Å². The fourth-order valence-electron chi connectivity index (χ4n) is 2.33. The monoisotopic (exact) mass is 280 g/mol. The van der Waals surface area contributed by atoms with E-state index in [-0.39, 0.29) is 18.1 Å². The average Bonchev–Trinajstić information content (AvgIpc) is 3.01. The van der Waals surface area contributed by atoms with Gasteiger partial charge in [-0.2, -0.15) is 5.10 Å². The third-order valence-corrected chi connectivity index (χ3v) is 3.39. The van der Waals surface area contributed by atoms with Gasteiger partial charge in [-0.25, -0.2) is 0 Å². The van der Waals surface area contributed by atoms with Gasteiger partial charge in [-0.05, 0) is 32.6 Å². The zero-order chi connectivity index (χ0) is 14.4. The maximum absolute atomic E-state index is 11.7. The number of nitrogens with zero attached hydrogens (tertiary/aromatic N) is 2. The van der Waals surface area contributed by atoms with Crippen LogP contribution in [0.3, 0.4) is 0 Å². The molecule has 3 N–H and O–H groups in total. The first kappa shape index (κ1) is 15.0. The van der Waals surface area contributed by atoms with E-state index < -0.39 is 0 Å². The number of aromatic nitrogens is 2. The van der Waals surface area contributed by atoms with Crippen molar-refractivity contribution in [3.05, 3.63) is 12.4 Å². The van der Waals surface area contributed by atoms with Gasteiger partial charge in [0, 0.05) is 25.3 Å². The normalized spacial score (nSPS) is 20.0. The highest BCUT2D eigenvalue weighted by Crippen LogP contribution is 2.15. The van der Waals surface area contributed by atoms with Gasteiger partial charge in [-0.1, -0.05) is 0 Å². The summed E-state index contributed by atoms with van der Waals surface area (Å²) in [4.78, 5) is 11.7. The van der Waals surface area contributed by atoms with Crippen molar-refractivity contribution in [1.29, 1.82) is 0 Å². The van der Waals surface area contributed by atoms with E-state index in [9.17, 15) is 4.79 Å². The van der Waals surface area contributed by atoms with Crippen molar-refractivity contribution in [3.63, 3.8) is 0 Å². The first-order chi connectivity index (χ1) is 9.63. The summed E-state index contributed by atoms with van der Waals surface area (Å²) in [6, 6.07) is 0.150. The summed E-state index contributed by atoms with van der Waals surface area (Å²) in [5.41, 5.74) is 6.40. The predicted octanol–water partition coefficient (Wildman–Crippen LogP) is 1.52. The highest BCUT2D eigenvalue weighted by molar-refractivity contribution is 5.90. The second-order valence-corrected chi connectivity index (χ2v) is 5.50. The van der Waals surface area contributed by atoms with Crippen LogP contribution in [0.4, 0.5) is 5.69 Å². The number of ether oxygens (including phenoxy) is 1. The molecule has 2 unspecified atom stereocenters. The summed E-state index contributed by atoms with van der Waals surface area (Å²) in [6.07, 6.45) is 8.17. The number of carbonyl (C=O) groups excluding carboxylic acids is 1. The minimum atomic E-state index is 0.0160. The molecular formula is C14H24N4O2. The molecule has 1 fully saturated rings. The highest BCUT2D eigenvalue weighted by atomic mass is 16.5. The van der Waals surface area contributed by atoms with E-state index in [1.165, 1.54) is 0 Å². The standard InChI is InChI=1S/C14H24N4O2/c1-11(15)4-2-6-14(19)17-12-8-16-18(9-12)10-13-5-3-7-20-13/h8-9,11,13H,2-7,10,15H2,1H3,(H,17,19). The van der Waals surface area contributed by atoms with Gasteiger partial charge >= 0.3 is 0 Å². The van der Waals surface area contributed by atoms with Crippen LogP contribution in [-0.4, -0.2) is 34.4 Å². The van der Waals surface area contributed by atoms with Crippen LogP contribution in [0.1, 0.15) is 39.0 Å². The molecule has 2 heterocycles. The Morgan fingerprint density at radius 1 is 1.70 bits per heavy atom. The van der Waals surface area contributed by atoms with Crippen LogP contribution in [0.5, 0.6) is 0 Å². The molecule has 1 amide bonds. The minimum Gasteiger partial charge on any atom is -0.376 e. The van der Waals surface area contributed by atoms with Gasteiger partial charge in [0.25, 0.3) is 0 Å². The van der Waals surface area contributed by atoms with Gasteiger partial charge in [0.2, 0.25) is 5.91 Å². The van der Waals surface area contributed by atoms with Crippen molar-refractivity contribution in [2.45, 2.75) is 57.7 Å². The van der Waals surface area contributed by atoms with Crippen LogP contribution >= 0.6 is 0 Å². The van der Waals surface area contributed by atoms with E-state index >= 15 is 0 Å². The lowest BCUT2D eigenvalue weighted by molar-refractivity contribution is -0.116. The molecule has 1 aliphatic heterocycles. The van der Waals surface area contributed by atoms with Gasteiger partial charge in [0.15, 0.2) is 0 Å². The number of hydrogen-bond donors (Lipinski definition) is 2. The van der Waals surface area contributed by atoms with Crippen molar-refractivity contribution in [2.75, 3.05) is 11.9 Å². The SMILES string of the molecule is CC(N)CCCC(=O)Nc1cnn(CC2CCCO2)c1. The van der Waals surface area contributed by atoms with E-state index in [1.54, 1.807) is 6.20 Å². The lowest BCUT2D eigenvalue weighted by Crippen LogP contribution is -2.17. The summed E-state index contributed by atoms with van der Waals surface area (Å²) < 4.78 is 7.39. The molecular weight excluding hydrogens is 256 g/mol. The van der Waals surface area contributed by atoms with Crippen molar-refractivity contribution < 1.29 is 9.53 Å². The molecule has 2 rings (SSSR count). The molecule has 1 saturated heterocycles. The molecule has 0 bridgehead atoms. The summed E-state index contributed by atoms with van der Waals surface area (Å²) in [7, 11) is 0. The molecule has 0 aromatic carbocycles. The second kappa shape index (κ2) is 7.40. The van der Waals surface area contributed by atoms with E-state index in [0.29, 0.717) is 6.42 Å². The van der Waals surface area contributed by atoms with Crippen molar-refractivity contribution in [3.8, 4) is 0 Å². The maximum Gasteiger partial charge on any atom is 0.224 e. The van der Waals surface area contributed by atoms with Crippen LogP contribution in [-0.2, 0) is 16.1 Å². The van der Waals surface area contributed by atoms with Crippen LogP contribution in [0, 0.1) is 0 Å². The second-order valence-electron chi connectivity index (χ2n) is 5.50. The fraction of sp³-hybridized carbons (Fsp3) is 0.714. The third kappa shape index (κ3) is 4.94. The molecule has 0 aliphatic carbocycles. The molecule has 2 atom stereocenters. The zero-order valence-electron chi connectivity index (χ0n) is 12.0. The summed E-state index contributed by atoms with van der Waals surface area (Å²) >= 11 is 0. The zero-order valence-corrected chi connectivity index (χ0v) is 12.0. The number of hydrogen-bond acceptors (Lipinski definition) is 4. The number of rotatable bonds is 7. The molecule has 0 saturated carbocycles. The first-order valence-electron chi connectivity index (χ1n) is 7.33. The quantitative estimate of drug-likeness (QED) is 0.793. The van der Waals surface area contributed by atoms with Crippen molar-refractivity contribution >= 4 is 11.6 Å². The Morgan fingerprint density at radius 3 is 3.25 bits per heavy atom. The molecule has 20 heavy (non-hydrogen) atoms. The van der Waals surface area contributed by atoms with Gasteiger partial charge in [0.05, 0.1) is 24.5 Å². The molecule has 0 radical (unpaired) electrons. The van der Waals surface area contributed by atoms with Gasteiger partial charge in [-0.3, -0.25) is 9.48 Å². The summed E-state index contributed by atoms with van der Waals surface area (Å²) in [5.74, 6) is 0.0160. The molecule has 1 aliphatic rings. The summed E-state index contributed by atoms with van der Waals surface area (Å²) in [6.45, 7) is 3.54. The average molecular weight is 280 g/mol. The van der Waals surface area contributed by atoms with E-state index in [1.807, 2.05) is 17.8 Å². The van der Waals surface area contributed by atoms with Crippen LogP contribution in [0.15, 0.2) is 12.4 Å². The Kier molecular flexibility index (Phi) is 5.55. The summed E-state index contributed by atoms with van der Waals surface area (Å²) in [5, 5.41) is 7.10. The first-order valence-corrected chi connectivity index (χ1v) is 7.33. The van der Waals surface area contributed by atoms with Crippen LogP contribution in [0.25, 0.3) is 0 Å². The van der Waals surface area contributed by atoms with Crippen molar-refractivity contribution in [2.24, 2.45) is 5.73 Å². The van der Waals surface area contributed by atoms with E-state index in [2.05, 4.69) is 10.4 Å². The Hall–Kier alpha value is -1.40. The molecule has 1 aromatic heterocycles. The Morgan fingerprint density at radius 2 is 2.55 bits per heavy atom. The van der Waals surface area contributed by atoms with Crippen molar-refractivity contribution in [1.82, 2.24) is 9.78 Å². The topological polar surface area (TPSA) is 82.2 Å². The lowest BCUT2D eigenvalue weighted by atomic mass is 10.1. The van der Waals surface area contributed by atoms with Gasteiger partial charge < -0.3 is 15.8 Å². The highest BCUT2D eigenvalue weighted by Gasteiger charge is 2.16. The molecule has 6 nitrogen and oxygen atoms in total. The van der Waals surface area contributed by atoms with E-state index in [4.69, 9.17) is 10.5 Å². The molecule has 1 aromatic rings. The van der Waals surface area contributed by atoms with Crippen LogP contribution < -0.4 is 11.1 Å². The third-order valence-electron chi connectivity index (χ3n) is 3.39. The number of anilines is 1. The largest absolute Gasteiger partial charge is 0.376 e. The number of amides is 1. The Bertz CT molecular complexity index is 425. The smallest absolute Gasteiger partial charge is 0.224 e. The Balaban J connectivity index is 1.72. The van der Waals surface area contributed by atoms with E-state index in [0.717, 1.165) is 44.5 Å². The van der Waals surface area contributed by atoms with Gasteiger partial charge in [-0.15, -0.1) is 0 Å². The van der Waals surface area contributed by atoms with Crippen LogP contribution in [0.2, 0.25) is 0 Å². The maximum atomic E-state index is 11.7. The molecule has 112 valence electrons. The molecule has 6 heteroatoms.